The van der Waals surface area contributed by atoms with Gasteiger partial charge in [0.25, 0.3) is 5.91 Å². The number of aliphatic carboxylic acids is 1. The zero-order valence-corrected chi connectivity index (χ0v) is 28.2. The molecule has 264 valence electrons. The van der Waals surface area contributed by atoms with E-state index in [9.17, 15) is 18.0 Å². The van der Waals surface area contributed by atoms with Gasteiger partial charge in [-0.2, -0.15) is 13.2 Å². The predicted molar refractivity (Wildman–Crippen MR) is 178 cm³/mol. The van der Waals surface area contributed by atoms with Crippen molar-refractivity contribution in [2.24, 2.45) is 0 Å². The van der Waals surface area contributed by atoms with E-state index in [1.807, 2.05) is 12.1 Å². The van der Waals surface area contributed by atoms with E-state index >= 15 is 0 Å². The number of methoxy groups -OCH3 is 2. The van der Waals surface area contributed by atoms with Crippen LogP contribution in [0, 0.1) is 0 Å². The highest BCUT2D eigenvalue weighted by atomic mass is 19.4. The van der Waals surface area contributed by atoms with Crippen LogP contribution in [-0.2, 0) is 40.0 Å². The third-order valence-electron chi connectivity index (χ3n) is 10.3. The molecule has 0 unspecified atom stereocenters. The number of ether oxygens (including phenoxy) is 3. The van der Waals surface area contributed by atoms with Crippen molar-refractivity contribution in [1.82, 2.24) is 9.89 Å². The maximum absolute atomic E-state index is 13.0. The van der Waals surface area contributed by atoms with E-state index in [2.05, 4.69) is 39.1 Å². The number of anilines is 1. The first-order chi connectivity index (χ1) is 24.1. The van der Waals surface area contributed by atoms with Crippen LogP contribution in [0.15, 0.2) is 36.4 Å². The first-order valence-corrected chi connectivity index (χ1v) is 17.2. The fraction of sp³-hybridized carbons (Fsp3) is 0.447. The Morgan fingerprint density at radius 1 is 0.920 bits per heavy atom. The summed E-state index contributed by atoms with van der Waals surface area (Å²) in [6, 6.07) is 13.0. The van der Waals surface area contributed by atoms with E-state index < -0.39 is 18.4 Å². The number of carboxylic acids is 1. The molecule has 0 spiro atoms. The van der Waals surface area contributed by atoms with Crippen LogP contribution in [-0.4, -0.2) is 71.3 Å². The van der Waals surface area contributed by atoms with E-state index in [1.165, 1.54) is 62.5 Å². The minimum atomic E-state index is -5.19. The molecule has 0 radical (unpaired) electrons. The van der Waals surface area contributed by atoms with Crippen LogP contribution in [0.25, 0.3) is 5.57 Å². The molecule has 0 aromatic heterocycles. The van der Waals surface area contributed by atoms with Crippen molar-refractivity contribution >= 4 is 23.1 Å². The van der Waals surface area contributed by atoms with Gasteiger partial charge in [0.15, 0.2) is 6.29 Å². The molecule has 5 heterocycles. The number of rotatable bonds is 6. The largest absolute Gasteiger partial charge is 0.542 e. The number of carbonyl (C=O) groups excluding carboxylic acids is 2. The summed E-state index contributed by atoms with van der Waals surface area (Å²) in [5, 5.41) is 14.4. The fourth-order valence-corrected chi connectivity index (χ4v) is 8.15. The second-order valence-corrected chi connectivity index (χ2v) is 13.3. The number of benzene rings is 3. The summed E-state index contributed by atoms with van der Waals surface area (Å²) in [6.07, 6.45) is 3.39. The zero-order chi connectivity index (χ0) is 35.2. The Balaban J connectivity index is 0.000000510. The van der Waals surface area contributed by atoms with Crippen LogP contribution in [0.4, 0.5) is 18.9 Å². The first-order valence-electron chi connectivity index (χ1n) is 17.2. The molecule has 50 heavy (non-hydrogen) atoms. The number of halogens is 3. The molecule has 0 bridgehead atoms. The van der Waals surface area contributed by atoms with Gasteiger partial charge >= 0.3 is 6.18 Å². The van der Waals surface area contributed by atoms with Crippen LogP contribution in [0.2, 0.25) is 0 Å². The van der Waals surface area contributed by atoms with Crippen molar-refractivity contribution < 1.29 is 42.1 Å². The van der Waals surface area contributed by atoms with Gasteiger partial charge in [0.2, 0.25) is 5.36 Å². The number of amides is 1. The number of hydrogen-bond acceptors (Lipinski definition) is 7. The van der Waals surface area contributed by atoms with Gasteiger partial charge in [-0.3, -0.25) is 4.79 Å². The van der Waals surface area contributed by atoms with Crippen LogP contribution in [0.1, 0.15) is 69.4 Å². The number of carboxylic acid groups (broad SMARTS) is 1. The molecule has 0 fully saturated rings. The molecular formula is C38H40F3N3O6. The van der Waals surface area contributed by atoms with Crippen molar-refractivity contribution in [2.75, 3.05) is 51.8 Å². The lowest BCUT2D eigenvalue weighted by molar-refractivity contribution is -0.344. The highest BCUT2D eigenvalue weighted by molar-refractivity contribution is 5.95. The van der Waals surface area contributed by atoms with Gasteiger partial charge in [0, 0.05) is 78.9 Å². The molecule has 8 rings (SSSR count). The number of aryl methyl sites for hydroxylation is 2. The third kappa shape index (κ3) is 6.23. The first kappa shape index (κ1) is 34.0. The summed E-state index contributed by atoms with van der Waals surface area (Å²) in [7, 11) is 3.14. The summed E-state index contributed by atoms with van der Waals surface area (Å²) < 4.78 is 51.8. The highest BCUT2D eigenvalue weighted by Gasteiger charge is 2.35. The Hall–Kier alpha value is -4.42. The Labute approximate surface area is 288 Å². The van der Waals surface area contributed by atoms with E-state index in [4.69, 9.17) is 24.1 Å². The lowest BCUT2D eigenvalue weighted by Crippen LogP contribution is -2.45. The molecule has 9 nitrogen and oxygen atoms in total. The monoisotopic (exact) mass is 691 g/mol. The van der Waals surface area contributed by atoms with Crippen molar-refractivity contribution in [1.29, 1.82) is 0 Å². The lowest BCUT2D eigenvalue weighted by Gasteiger charge is -2.39. The Morgan fingerprint density at radius 3 is 2.24 bits per heavy atom. The number of carbonyl (C=O) groups is 2. The molecule has 0 saturated heterocycles. The molecule has 3 aromatic carbocycles. The maximum Gasteiger partial charge on any atom is 0.430 e. The summed E-state index contributed by atoms with van der Waals surface area (Å²) in [5.41, 5.74) is 11.3. The second-order valence-electron chi connectivity index (χ2n) is 13.3. The SMILES string of the molecule is COC(CNC(=O)c1ccc(C2=c3cc4c5c(c3Oc3c2cc2c6c3CCCN6CCC2)CCC[N+]=5CCC4)cc1)OC.O=C([O-])C(F)(F)F. The molecule has 1 amide bonds. The second kappa shape index (κ2) is 13.7. The summed E-state index contributed by atoms with van der Waals surface area (Å²) >= 11 is 0. The van der Waals surface area contributed by atoms with Gasteiger partial charge in [-0.1, -0.05) is 12.1 Å². The fourth-order valence-electron chi connectivity index (χ4n) is 8.15. The molecule has 0 aliphatic carbocycles. The van der Waals surface area contributed by atoms with Gasteiger partial charge in [0.1, 0.15) is 30.6 Å². The number of alkyl halides is 3. The van der Waals surface area contributed by atoms with Crippen molar-refractivity contribution in [3.63, 3.8) is 0 Å². The van der Waals surface area contributed by atoms with Crippen LogP contribution < -0.4 is 35.2 Å². The molecular weight excluding hydrogens is 651 g/mol. The van der Waals surface area contributed by atoms with E-state index in [1.54, 1.807) is 14.2 Å². The molecule has 0 saturated carbocycles. The number of nitrogens with zero attached hydrogens (tertiary/aromatic N) is 2. The molecule has 5 aliphatic heterocycles. The van der Waals surface area contributed by atoms with Gasteiger partial charge in [-0.15, -0.1) is 0 Å². The summed E-state index contributed by atoms with van der Waals surface area (Å²) in [6.45, 7) is 4.84. The number of nitrogens with one attached hydrogen (secondary N) is 1. The highest BCUT2D eigenvalue weighted by Crippen LogP contribution is 2.48. The molecule has 5 aliphatic rings. The molecule has 12 heteroatoms. The smallest absolute Gasteiger partial charge is 0.430 e. The van der Waals surface area contributed by atoms with E-state index in [0.29, 0.717) is 12.1 Å². The molecule has 0 atom stereocenters. The molecule has 3 aromatic rings. The van der Waals surface area contributed by atoms with E-state index in [-0.39, 0.29) is 5.91 Å². The van der Waals surface area contributed by atoms with Crippen LogP contribution in [0.5, 0.6) is 11.5 Å². The summed E-state index contributed by atoms with van der Waals surface area (Å²) in [5.74, 6) is -1.03. The number of fused-ring (bicyclic) bond motifs is 4. The van der Waals surface area contributed by atoms with Crippen molar-refractivity contribution in [3.05, 3.63) is 85.9 Å². The van der Waals surface area contributed by atoms with Gasteiger partial charge in [-0.05, 0) is 73.9 Å². The topological polar surface area (TPSA) is 103 Å². The lowest BCUT2D eigenvalue weighted by atomic mass is 9.82. The Bertz CT molecular complexity index is 1970. The average molecular weight is 692 g/mol. The standard InChI is InChI=1S/C36H39N3O4.C2HF3O2/c1-41-30(42-2)21-37-36(40)23-13-11-22(12-14-23)31-28-19-24-7-3-15-38-17-5-9-26(32(24)38)34(28)43-35-27-10-6-18-39-16-4-8-25(33(27)39)20-29(31)35;3-2(4,5)1(6)7/h11-14,19-20,30H,3-10,15-18,21H2,1-2H3;(H,6,7). The van der Waals surface area contributed by atoms with Crippen molar-refractivity contribution in [2.45, 2.75) is 63.8 Å². The summed E-state index contributed by atoms with van der Waals surface area (Å²) in [4.78, 5) is 24.4. The minimum Gasteiger partial charge on any atom is -0.542 e. The Morgan fingerprint density at radius 2 is 1.56 bits per heavy atom. The van der Waals surface area contributed by atoms with Gasteiger partial charge in [-0.25, -0.2) is 4.58 Å². The normalized spacial score (nSPS) is 17.0. The van der Waals surface area contributed by atoms with Crippen LogP contribution >= 0.6 is 0 Å². The zero-order valence-electron chi connectivity index (χ0n) is 28.2. The van der Waals surface area contributed by atoms with Gasteiger partial charge in [0.05, 0.1) is 12.1 Å². The van der Waals surface area contributed by atoms with Gasteiger partial charge < -0.3 is 34.3 Å². The third-order valence-corrected chi connectivity index (χ3v) is 10.3. The number of hydrogen-bond donors (Lipinski definition) is 1. The maximum atomic E-state index is 13.0. The average Bonchev–Trinajstić information content (AvgIpc) is 3.12. The van der Waals surface area contributed by atoms with Crippen LogP contribution in [0.3, 0.4) is 0 Å². The quantitative estimate of drug-likeness (QED) is 0.245. The van der Waals surface area contributed by atoms with E-state index in [0.717, 1.165) is 81.8 Å². The Kier molecular flexibility index (Phi) is 9.34. The molecule has 1 N–H and O–H groups in total. The predicted octanol–water partition coefficient (Wildman–Crippen LogP) is 2.77. The van der Waals surface area contributed by atoms with Crippen molar-refractivity contribution in [3.8, 4) is 11.5 Å². The minimum absolute atomic E-state index is 0.138.